The number of benzene rings is 1. The monoisotopic (exact) mass is 470 g/mol. The van der Waals surface area contributed by atoms with Gasteiger partial charge in [0.15, 0.2) is 0 Å². The van der Waals surface area contributed by atoms with Gasteiger partial charge < -0.3 is 5.32 Å². The van der Waals surface area contributed by atoms with Gasteiger partial charge in [-0.05, 0) is 44.5 Å². The lowest BCUT2D eigenvalue weighted by molar-refractivity contribution is -0.137. The molecular weight excluding hydrogens is 449 g/mol. The third-order valence-electron chi connectivity index (χ3n) is 5.53. The number of H-pyrrole nitrogens is 1. The molecule has 8 nitrogen and oxygen atoms in total. The van der Waals surface area contributed by atoms with Gasteiger partial charge in [0.2, 0.25) is 5.95 Å². The molecule has 1 aromatic carbocycles. The summed E-state index contributed by atoms with van der Waals surface area (Å²) >= 11 is 0. The van der Waals surface area contributed by atoms with Crippen LogP contribution in [0.5, 0.6) is 0 Å². The average Bonchev–Trinajstić information content (AvgIpc) is 3.07. The van der Waals surface area contributed by atoms with Crippen LogP contribution in [-0.2, 0) is 6.18 Å². The maximum Gasteiger partial charge on any atom is 0.417 e. The van der Waals surface area contributed by atoms with E-state index in [9.17, 15) is 22.8 Å². The number of amides is 1. The summed E-state index contributed by atoms with van der Waals surface area (Å²) in [6, 6.07) is 7.69. The van der Waals surface area contributed by atoms with Crippen LogP contribution in [0.4, 0.5) is 19.1 Å². The first-order valence-corrected chi connectivity index (χ1v) is 10.3. The molecule has 0 saturated carbocycles. The Hall–Kier alpha value is -3.99. The summed E-state index contributed by atoms with van der Waals surface area (Å²) < 4.78 is 40.2. The molecule has 0 aliphatic carbocycles. The largest absolute Gasteiger partial charge is 0.417 e. The Morgan fingerprint density at radius 2 is 1.88 bits per heavy atom. The van der Waals surface area contributed by atoms with Crippen molar-refractivity contribution in [3.8, 4) is 11.1 Å². The second-order valence-electron chi connectivity index (χ2n) is 7.81. The van der Waals surface area contributed by atoms with Crippen LogP contribution < -0.4 is 21.3 Å². The third kappa shape index (κ3) is 4.29. The van der Waals surface area contributed by atoms with Gasteiger partial charge in [0.05, 0.1) is 22.4 Å². The number of aryl methyl sites for hydroxylation is 1. The number of rotatable bonds is 4. The van der Waals surface area contributed by atoms with Gasteiger partial charge in [-0.25, -0.2) is 15.4 Å². The fourth-order valence-electron chi connectivity index (χ4n) is 3.69. The van der Waals surface area contributed by atoms with E-state index in [4.69, 9.17) is 0 Å². The maximum atomic E-state index is 13.4. The Morgan fingerprint density at radius 3 is 2.53 bits per heavy atom. The molecule has 0 spiro atoms. The standard InChI is InChI=1S/C23H21F3N6O2/c1-12-13(2)31-32(19(12)29-20(33)16-8-4-5-9-17(16)23(24,25)26)22-28-14(3)18(21(34)30-22)15-7-6-10-27-11-15/h4-11,13,31H,1-3H3,(H,29,33)(H,28,30,34). The molecule has 1 aliphatic heterocycles. The Balaban J connectivity index is 1.70. The Labute approximate surface area is 192 Å². The summed E-state index contributed by atoms with van der Waals surface area (Å²) in [5.41, 5.74) is 3.07. The molecule has 3 aromatic rings. The summed E-state index contributed by atoms with van der Waals surface area (Å²) in [6.07, 6.45) is -1.56. The first-order chi connectivity index (χ1) is 16.1. The van der Waals surface area contributed by atoms with Crippen LogP contribution in [0.2, 0.25) is 0 Å². The van der Waals surface area contributed by atoms with E-state index < -0.39 is 28.8 Å². The predicted octanol–water partition coefficient (Wildman–Crippen LogP) is 3.53. The minimum Gasteiger partial charge on any atom is -0.307 e. The highest BCUT2D eigenvalue weighted by atomic mass is 19.4. The average molecular weight is 470 g/mol. The fraction of sp³-hybridized carbons (Fsp3) is 0.217. The van der Waals surface area contributed by atoms with Gasteiger partial charge in [-0.3, -0.25) is 19.6 Å². The van der Waals surface area contributed by atoms with Crippen molar-refractivity contribution < 1.29 is 18.0 Å². The van der Waals surface area contributed by atoms with Crippen molar-refractivity contribution in [3.63, 3.8) is 0 Å². The normalized spacial score (nSPS) is 16.2. The van der Waals surface area contributed by atoms with E-state index in [0.29, 0.717) is 22.4 Å². The first kappa shape index (κ1) is 23.2. The molecule has 2 aromatic heterocycles. The van der Waals surface area contributed by atoms with Crippen LogP contribution in [0.1, 0.15) is 35.5 Å². The van der Waals surface area contributed by atoms with Crippen LogP contribution in [-0.4, -0.2) is 26.9 Å². The lowest BCUT2D eigenvalue weighted by Crippen LogP contribution is -2.43. The van der Waals surface area contributed by atoms with E-state index in [0.717, 1.165) is 12.1 Å². The quantitative estimate of drug-likeness (QED) is 0.539. The molecule has 0 radical (unpaired) electrons. The van der Waals surface area contributed by atoms with Gasteiger partial charge in [0.25, 0.3) is 11.5 Å². The maximum absolute atomic E-state index is 13.4. The van der Waals surface area contributed by atoms with Gasteiger partial charge in [-0.1, -0.05) is 18.2 Å². The number of carbonyl (C=O) groups excluding carboxylic acids is 1. The zero-order valence-corrected chi connectivity index (χ0v) is 18.5. The van der Waals surface area contributed by atoms with E-state index in [-0.39, 0.29) is 17.8 Å². The number of anilines is 1. The van der Waals surface area contributed by atoms with Crippen LogP contribution >= 0.6 is 0 Å². The summed E-state index contributed by atoms with van der Waals surface area (Å²) in [7, 11) is 0. The molecule has 11 heteroatoms. The molecule has 1 atom stereocenters. The molecule has 0 fully saturated rings. The van der Waals surface area contributed by atoms with Crippen molar-refractivity contribution in [1.29, 1.82) is 0 Å². The number of hydrazine groups is 1. The number of carbonyl (C=O) groups is 1. The summed E-state index contributed by atoms with van der Waals surface area (Å²) in [5.74, 6) is -0.668. The number of alkyl halides is 3. The lowest BCUT2D eigenvalue weighted by atomic mass is 10.1. The molecule has 34 heavy (non-hydrogen) atoms. The number of halogens is 3. The lowest BCUT2D eigenvalue weighted by Gasteiger charge is -2.23. The molecule has 3 heterocycles. The highest BCUT2D eigenvalue weighted by molar-refractivity contribution is 5.97. The van der Waals surface area contributed by atoms with Crippen molar-refractivity contribution in [2.45, 2.75) is 33.0 Å². The topological polar surface area (TPSA) is 103 Å². The number of aromatic amines is 1. The summed E-state index contributed by atoms with van der Waals surface area (Å²) in [6.45, 7) is 5.19. The van der Waals surface area contributed by atoms with Crippen LogP contribution in [0.15, 0.2) is 65.0 Å². The minimum atomic E-state index is -4.69. The minimum absolute atomic E-state index is 0.0817. The Kier molecular flexibility index (Phi) is 5.96. The van der Waals surface area contributed by atoms with E-state index in [1.54, 1.807) is 45.3 Å². The molecule has 3 N–H and O–H groups in total. The van der Waals surface area contributed by atoms with Crippen molar-refractivity contribution in [2.24, 2.45) is 0 Å². The SMILES string of the molecule is CC1=C(NC(=O)c2ccccc2C(F)(F)F)N(c2nc(C)c(-c3cccnc3)c(=O)[nH]2)NC1C. The molecule has 0 saturated heterocycles. The summed E-state index contributed by atoms with van der Waals surface area (Å²) in [4.78, 5) is 36.9. The Bertz CT molecular complexity index is 1330. The highest BCUT2D eigenvalue weighted by Gasteiger charge is 2.36. The van der Waals surface area contributed by atoms with Crippen molar-refractivity contribution in [3.05, 3.63) is 87.4 Å². The smallest absolute Gasteiger partial charge is 0.307 e. The van der Waals surface area contributed by atoms with Gasteiger partial charge in [0, 0.05) is 24.0 Å². The van der Waals surface area contributed by atoms with Crippen molar-refractivity contribution in [2.75, 3.05) is 5.01 Å². The molecule has 4 rings (SSSR count). The van der Waals surface area contributed by atoms with E-state index in [2.05, 4.69) is 25.7 Å². The van der Waals surface area contributed by atoms with E-state index in [1.165, 1.54) is 17.1 Å². The van der Waals surface area contributed by atoms with Crippen molar-refractivity contribution in [1.82, 2.24) is 25.7 Å². The molecule has 1 amide bonds. The number of aromatic nitrogens is 3. The summed E-state index contributed by atoms with van der Waals surface area (Å²) in [5, 5.41) is 3.91. The highest BCUT2D eigenvalue weighted by Crippen LogP contribution is 2.32. The molecular formula is C23H21F3N6O2. The molecule has 1 unspecified atom stereocenters. The zero-order valence-electron chi connectivity index (χ0n) is 18.5. The van der Waals surface area contributed by atoms with Crippen LogP contribution in [0.25, 0.3) is 11.1 Å². The number of nitrogens with zero attached hydrogens (tertiary/aromatic N) is 3. The van der Waals surface area contributed by atoms with E-state index in [1.807, 2.05) is 0 Å². The number of hydrogen-bond acceptors (Lipinski definition) is 6. The zero-order chi connectivity index (χ0) is 24.6. The number of pyridine rings is 1. The third-order valence-corrected chi connectivity index (χ3v) is 5.53. The van der Waals surface area contributed by atoms with Crippen LogP contribution in [0.3, 0.4) is 0 Å². The predicted molar refractivity (Wildman–Crippen MR) is 120 cm³/mol. The van der Waals surface area contributed by atoms with E-state index >= 15 is 0 Å². The number of hydrogen-bond donors (Lipinski definition) is 3. The van der Waals surface area contributed by atoms with Gasteiger partial charge in [-0.2, -0.15) is 13.2 Å². The molecule has 0 bridgehead atoms. The number of nitrogens with one attached hydrogen (secondary N) is 3. The molecule has 176 valence electrons. The van der Waals surface area contributed by atoms with Crippen molar-refractivity contribution >= 4 is 11.9 Å². The van der Waals surface area contributed by atoms with Gasteiger partial charge in [-0.15, -0.1) is 0 Å². The first-order valence-electron chi connectivity index (χ1n) is 10.3. The fourth-order valence-corrected chi connectivity index (χ4v) is 3.69. The second kappa shape index (κ2) is 8.75. The van der Waals surface area contributed by atoms with Crippen LogP contribution in [0, 0.1) is 6.92 Å². The molecule has 1 aliphatic rings. The second-order valence-corrected chi connectivity index (χ2v) is 7.81. The Morgan fingerprint density at radius 1 is 1.15 bits per heavy atom. The van der Waals surface area contributed by atoms with Gasteiger partial charge in [0.1, 0.15) is 5.82 Å². The van der Waals surface area contributed by atoms with Gasteiger partial charge >= 0.3 is 6.18 Å².